The summed E-state index contributed by atoms with van der Waals surface area (Å²) in [5.41, 5.74) is 6.64. The van der Waals surface area contributed by atoms with E-state index >= 15 is 0 Å². The third kappa shape index (κ3) is 3.56. The Hall–Kier alpha value is -3.51. The second kappa shape index (κ2) is 7.39. The molecule has 0 fully saturated rings. The average Bonchev–Trinajstić information content (AvgIpc) is 3.12. The van der Waals surface area contributed by atoms with E-state index in [0.29, 0.717) is 5.70 Å². The first-order valence-electron chi connectivity index (χ1n) is 8.68. The summed E-state index contributed by atoms with van der Waals surface area (Å²) in [4.78, 5) is 8.48. The van der Waals surface area contributed by atoms with E-state index in [4.69, 9.17) is 0 Å². The monoisotopic (exact) mass is 356 g/mol. The molecule has 3 heterocycles. The molecule has 0 aliphatic heterocycles. The van der Waals surface area contributed by atoms with Crippen LogP contribution in [0.4, 0.5) is 5.69 Å². The lowest BCUT2D eigenvalue weighted by Gasteiger charge is -2.08. The fourth-order valence-corrected chi connectivity index (χ4v) is 3.04. The van der Waals surface area contributed by atoms with Crippen molar-refractivity contribution in [2.45, 2.75) is 6.54 Å². The third-order valence-electron chi connectivity index (χ3n) is 4.31. The molecule has 27 heavy (non-hydrogen) atoms. The fourth-order valence-electron chi connectivity index (χ4n) is 3.04. The maximum absolute atomic E-state index is 4.44. The number of pyridine rings is 2. The van der Waals surface area contributed by atoms with Crippen LogP contribution in [0.5, 0.6) is 0 Å². The molecule has 6 heteroatoms. The highest BCUT2D eigenvalue weighted by Crippen LogP contribution is 2.28. The number of fused-ring (bicyclic) bond motifs is 1. The molecule has 0 atom stereocenters. The SMILES string of the molecule is C=C(Nc1cccnc1)c1n[nH]c2ccc(-c3cncc(CNC)c3)cc12. The molecule has 4 aromatic rings. The van der Waals surface area contributed by atoms with Crippen molar-refractivity contribution in [1.82, 2.24) is 25.5 Å². The third-order valence-corrected chi connectivity index (χ3v) is 4.31. The molecule has 0 unspecified atom stereocenters. The Morgan fingerprint density at radius 2 is 2.00 bits per heavy atom. The number of aromatic nitrogens is 4. The van der Waals surface area contributed by atoms with Gasteiger partial charge in [-0.15, -0.1) is 0 Å². The maximum atomic E-state index is 4.44. The summed E-state index contributed by atoms with van der Waals surface area (Å²) >= 11 is 0. The van der Waals surface area contributed by atoms with Crippen molar-refractivity contribution in [1.29, 1.82) is 0 Å². The van der Waals surface area contributed by atoms with Gasteiger partial charge in [0.2, 0.25) is 0 Å². The second-order valence-electron chi connectivity index (χ2n) is 6.29. The Labute approximate surface area is 157 Å². The van der Waals surface area contributed by atoms with E-state index in [9.17, 15) is 0 Å². The van der Waals surface area contributed by atoms with Gasteiger partial charge in [0.1, 0.15) is 5.69 Å². The number of anilines is 1. The lowest BCUT2D eigenvalue weighted by Crippen LogP contribution is -2.05. The predicted molar refractivity (Wildman–Crippen MR) is 109 cm³/mol. The van der Waals surface area contributed by atoms with Crippen molar-refractivity contribution in [2.24, 2.45) is 0 Å². The largest absolute Gasteiger partial charge is 0.353 e. The molecule has 134 valence electrons. The standard InChI is InChI=1S/C21H20N6/c1-14(25-18-4-3-7-23-13-18)21-19-9-16(5-6-20(19)26-27-21)17-8-15(10-22-2)11-24-12-17/h3-9,11-13,22,25H,1,10H2,2H3,(H,26,27). The summed E-state index contributed by atoms with van der Waals surface area (Å²) in [5, 5.41) is 14.9. The van der Waals surface area contributed by atoms with Gasteiger partial charge in [0, 0.05) is 36.1 Å². The number of benzene rings is 1. The second-order valence-corrected chi connectivity index (χ2v) is 6.29. The average molecular weight is 356 g/mol. The molecule has 0 radical (unpaired) electrons. The molecule has 3 N–H and O–H groups in total. The number of H-pyrrole nitrogens is 1. The first-order chi connectivity index (χ1) is 13.2. The molecule has 0 saturated carbocycles. The van der Waals surface area contributed by atoms with Gasteiger partial charge in [-0.1, -0.05) is 12.6 Å². The van der Waals surface area contributed by atoms with Gasteiger partial charge >= 0.3 is 0 Å². The molecule has 0 saturated heterocycles. The smallest absolute Gasteiger partial charge is 0.116 e. The van der Waals surface area contributed by atoms with Gasteiger partial charge in [0.15, 0.2) is 0 Å². The van der Waals surface area contributed by atoms with Crippen molar-refractivity contribution in [3.8, 4) is 11.1 Å². The zero-order chi connectivity index (χ0) is 18.6. The first-order valence-corrected chi connectivity index (χ1v) is 8.68. The van der Waals surface area contributed by atoms with E-state index in [2.05, 4.69) is 55.6 Å². The number of rotatable bonds is 6. The van der Waals surface area contributed by atoms with Crippen LogP contribution in [-0.2, 0) is 6.54 Å². The summed E-state index contributed by atoms with van der Waals surface area (Å²) < 4.78 is 0. The highest BCUT2D eigenvalue weighted by atomic mass is 15.1. The van der Waals surface area contributed by atoms with Crippen molar-refractivity contribution in [2.75, 3.05) is 12.4 Å². The number of aromatic amines is 1. The Bertz CT molecular complexity index is 1080. The molecular weight excluding hydrogens is 336 g/mol. The summed E-state index contributed by atoms with van der Waals surface area (Å²) in [5.74, 6) is 0. The van der Waals surface area contributed by atoms with Crippen LogP contribution in [-0.4, -0.2) is 27.2 Å². The zero-order valence-corrected chi connectivity index (χ0v) is 15.0. The highest BCUT2D eigenvalue weighted by molar-refractivity contribution is 5.94. The van der Waals surface area contributed by atoms with E-state index in [1.54, 1.807) is 12.4 Å². The Morgan fingerprint density at radius 3 is 2.81 bits per heavy atom. The number of nitrogens with zero attached hydrogens (tertiary/aromatic N) is 3. The van der Waals surface area contributed by atoms with Gasteiger partial charge in [0.05, 0.1) is 23.1 Å². The van der Waals surface area contributed by atoms with Crippen LogP contribution in [0.15, 0.2) is 67.8 Å². The Balaban J connectivity index is 1.69. The van der Waals surface area contributed by atoms with Crippen molar-refractivity contribution < 1.29 is 0 Å². The van der Waals surface area contributed by atoms with E-state index < -0.39 is 0 Å². The van der Waals surface area contributed by atoms with Gasteiger partial charge in [-0.25, -0.2) is 0 Å². The van der Waals surface area contributed by atoms with Gasteiger partial charge in [-0.05, 0) is 48.5 Å². The minimum atomic E-state index is 0.716. The van der Waals surface area contributed by atoms with Crippen molar-refractivity contribution in [3.05, 3.63) is 79.0 Å². The van der Waals surface area contributed by atoms with E-state index in [0.717, 1.165) is 45.5 Å². The normalized spacial score (nSPS) is 10.9. The molecule has 0 spiro atoms. The van der Waals surface area contributed by atoms with Crippen LogP contribution in [0.1, 0.15) is 11.3 Å². The van der Waals surface area contributed by atoms with Crippen molar-refractivity contribution >= 4 is 22.3 Å². The molecule has 0 amide bonds. The summed E-state index contributed by atoms with van der Waals surface area (Å²) in [6.07, 6.45) is 7.25. The minimum absolute atomic E-state index is 0.716. The Morgan fingerprint density at radius 1 is 1.07 bits per heavy atom. The van der Waals surface area contributed by atoms with E-state index in [1.807, 2.05) is 37.6 Å². The lowest BCUT2D eigenvalue weighted by atomic mass is 10.0. The van der Waals surface area contributed by atoms with Crippen molar-refractivity contribution in [3.63, 3.8) is 0 Å². The lowest BCUT2D eigenvalue weighted by molar-refractivity contribution is 0.813. The van der Waals surface area contributed by atoms with E-state index in [-0.39, 0.29) is 0 Å². The number of nitrogens with one attached hydrogen (secondary N) is 3. The summed E-state index contributed by atoms with van der Waals surface area (Å²) in [7, 11) is 1.93. The number of hydrogen-bond acceptors (Lipinski definition) is 5. The van der Waals surface area contributed by atoms with Crippen LogP contribution in [0.25, 0.3) is 27.7 Å². The van der Waals surface area contributed by atoms with Gasteiger partial charge in [0.25, 0.3) is 0 Å². The molecule has 3 aromatic heterocycles. The molecule has 6 nitrogen and oxygen atoms in total. The van der Waals surface area contributed by atoms with Crippen LogP contribution < -0.4 is 10.6 Å². The van der Waals surface area contributed by atoms with Gasteiger partial charge < -0.3 is 10.6 Å². The summed E-state index contributed by atoms with van der Waals surface area (Å²) in [6.45, 7) is 4.93. The Kier molecular flexibility index (Phi) is 4.63. The van der Waals surface area contributed by atoms with Crippen LogP contribution in [0.3, 0.4) is 0 Å². The quantitative estimate of drug-likeness (QED) is 0.489. The molecular formula is C21H20N6. The summed E-state index contributed by atoms with van der Waals surface area (Å²) in [6, 6.07) is 12.2. The van der Waals surface area contributed by atoms with Crippen LogP contribution in [0.2, 0.25) is 0 Å². The molecule has 4 rings (SSSR count). The van der Waals surface area contributed by atoms with E-state index in [1.165, 1.54) is 0 Å². The fraction of sp³-hybridized carbons (Fsp3) is 0.0952. The topological polar surface area (TPSA) is 78.5 Å². The maximum Gasteiger partial charge on any atom is 0.116 e. The molecule has 0 aliphatic rings. The molecule has 1 aromatic carbocycles. The minimum Gasteiger partial charge on any atom is -0.353 e. The molecule has 0 aliphatic carbocycles. The van der Waals surface area contributed by atoms with Gasteiger partial charge in [-0.3, -0.25) is 15.1 Å². The van der Waals surface area contributed by atoms with Crippen LogP contribution in [0, 0.1) is 0 Å². The zero-order valence-electron chi connectivity index (χ0n) is 15.0. The predicted octanol–water partition coefficient (Wildman–Crippen LogP) is 3.82. The van der Waals surface area contributed by atoms with Gasteiger partial charge in [-0.2, -0.15) is 5.10 Å². The first kappa shape index (κ1) is 16.9. The van der Waals surface area contributed by atoms with Crippen LogP contribution >= 0.6 is 0 Å². The highest BCUT2D eigenvalue weighted by Gasteiger charge is 2.11. The number of hydrogen-bond donors (Lipinski definition) is 3. The molecule has 0 bridgehead atoms.